The van der Waals surface area contributed by atoms with E-state index in [0.29, 0.717) is 40.7 Å². The summed E-state index contributed by atoms with van der Waals surface area (Å²) >= 11 is 0. The van der Waals surface area contributed by atoms with Crippen LogP contribution in [0.1, 0.15) is 42.1 Å². The minimum atomic E-state index is -3.95. The van der Waals surface area contributed by atoms with E-state index in [9.17, 15) is 23.1 Å². The van der Waals surface area contributed by atoms with Crippen LogP contribution in [0.4, 0.5) is 11.4 Å². The summed E-state index contributed by atoms with van der Waals surface area (Å²) in [6, 6.07) is 26.5. The van der Waals surface area contributed by atoms with E-state index in [1.54, 1.807) is 78.9 Å². The molecule has 0 spiro atoms. The number of unbranched alkanes of at least 4 members (excludes halogenated alkanes) is 1. The molecule has 0 fully saturated rings. The average Bonchev–Trinajstić information content (AvgIpc) is 2.99. The standard InChI is InChI=1S/C32H32N2O7S/c1-2-3-21-40-26-14-17-29(18-15-26)42(38,39)34-30-19-16-28(22-24(30)9-20-31(35)36)41-27-12-10-25(11-13-27)33-32(37)23-7-5-4-6-8-23/h4-8,10-19,22,34H,2-3,9,20-21H2,1H3,(H,33,37)(H,35,36). The highest BCUT2D eigenvalue weighted by Crippen LogP contribution is 2.30. The Bertz CT molecular complexity index is 1610. The van der Waals surface area contributed by atoms with Gasteiger partial charge in [-0.25, -0.2) is 8.42 Å². The van der Waals surface area contributed by atoms with E-state index in [-0.39, 0.29) is 29.3 Å². The number of carbonyl (C=O) groups is 2. The molecule has 0 aliphatic heterocycles. The Morgan fingerprint density at radius 1 is 0.833 bits per heavy atom. The maximum Gasteiger partial charge on any atom is 0.303 e. The Hall–Kier alpha value is -4.83. The lowest BCUT2D eigenvalue weighted by molar-refractivity contribution is -0.136. The number of hydrogen-bond donors (Lipinski definition) is 3. The molecule has 3 N–H and O–H groups in total. The summed E-state index contributed by atoms with van der Waals surface area (Å²) in [4.78, 5) is 23.7. The van der Waals surface area contributed by atoms with Crippen LogP contribution in [0.2, 0.25) is 0 Å². The summed E-state index contributed by atoms with van der Waals surface area (Å²) in [5, 5.41) is 12.1. The molecule has 0 radical (unpaired) electrons. The summed E-state index contributed by atoms with van der Waals surface area (Å²) in [7, 11) is -3.95. The predicted molar refractivity (Wildman–Crippen MR) is 161 cm³/mol. The molecule has 9 nitrogen and oxygen atoms in total. The minimum Gasteiger partial charge on any atom is -0.494 e. The molecular formula is C32H32N2O7S. The van der Waals surface area contributed by atoms with Gasteiger partial charge in [-0.1, -0.05) is 31.5 Å². The number of nitrogens with one attached hydrogen (secondary N) is 2. The minimum absolute atomic E-state index is 0.0503. The number of aliphatic carboxylic acids is 1. The SMILES string of the molecule is CCCCOc1ccc(S(=O)(=O)Nc2ccc(Oc3ccc(NC(=O)c4ccccc4)cc3)cc2CCC(=O)O)cc1. The number of amides is 1. The molecule has 0 saturated carbocycles. The van der Waals surface area contributed by atoms with E-state index in [1.807, 2.05) is 6.07 Å². The van der Waals surface area contributed by atoms with Crippen molar-refractivity contribution >= 4 is 33.3 Å². The Balaban J connectivity index is 1.46. The summed E-state index contributed by atoms with van der Waals surface area (Å²) in [5.41, 5.74) is 1.84. The van der Waals surface area contributed by atoms with Crippen LogP contribution in [0.15, 0.2) is 102 Å². The Kier molecular flexibility index (Phi) is 10.2. The Labute approximate surface area is 245 Å². The van der Waals surface area contributed by atoms with Crippen LogP contribution in [-0.4, -0.2) is 32.0 Å². The van der Waals surface area contributed by atoms with Crippen molar-refractivity contribution in [3.63, 3.8) is 0 Å². The van der Waals surface area contributed by atoms with Crippen molar-refractivity contribution in [3.8, 4) is 17.2 Å². The number of benzene rings is 4. The van der Waals surface area contributed by atoms with Crippen LogP contribution in [-0.2, 0) is 21.2 Å². The highest BCUT2D eigenvalue weighted by Gasteiger charge is 2.18. The lowest BCUT2D eigenvalue weighted by atomic mass is 10.1. The highest BCUT2D eigenvalue weighted by atomic mass is 32.2. The number of carboxylic acid groups (broad SMARTS) is 1. The average molecular weight is 589 g/mol. The molecule has 0 aliphatic carbocycles. The Morgan fingerprint density at radius 3 is 2.17 bits per heavy atom. The van der Waals surface area contributed by atoms with Gasteiger partial charge in [-0.3, -0.25) is 14.3 Å². The fraction of sp³-hybridized carbons (Fsp3) is 0.188. The lowest BCUT2D eigenvalue weighted by Gasteiger charge is -2.15. The van der Waals surface area contributed by atoms with Crippen molar-refractivity contribution in [1.29, 1.82) is 0 Å². The van der Waals surface area contributed by atoms with Crippen LogP contribution in [0.3, 0.4) is 0 Å². The van der Waals surface area contributed by atoms with Gasteiger partial charge in [0.15, 0.2) is 0 Å². The van der Waals surface area contributed by atoms with E-state index < -0.39 is 16.0 Å². The van der Waals surface area contributed by atoms with Gasteiger partial charge in [0.2, 0.25) is 0 Å². The maximum atomic E-state index is 13.1. The molecule has 0 saturated heterocycles. The van der Waals surface area contributed by atoms with Crippen molar-refractivity contribution in [2.24, 2.45) is 0 Å². The van der Waals surface area contributed by atoms with Gasteiger partial charge in [0, 0.05) is 17.7 Å². The van der Waals surface area contributed by atoms with E-state index in [4.69, 9.17) is 9.47 Å². The molecular weight excluding hydrogens is 556 g/mol. The maximum absolute atomic E-state index is 13.1. The number of ether oxygens (including phenoxy) is 2. The normalized spacial score (nSPS) is 11.0. The number of aryl methyl sites for hydroxylation is 1. The molecule has 1 amide bonds. The van der Waals surface area contributed by atoms with Gasteiger partial charge < -0.3 is 19.9 Å². The third-order valence-corrected chi connectivity index (χ3v) is 7.60. The van der Waals surface area contributed by atoms with E-state index in [2.05, 4.69) is 17.0 Å². The zero-order valence-electron chi connectivity index (χ0n) is 23.1. The van der Waals surface area contributed by atoms with Gasteiger partial charge in [0.05, 0.1) is 17.2 Å². The Morgan fingerprint density at radius 2 is 1.50 bits per heavy atom. The number of anilines is 2. The quantitative estimate of drug-likeness (QED) is 0.139. The van der Waals surface area contributed by atoms with Gasteiger partial charge in [0.1, 0.15) is 17.2 Å². The van der Waals surface area contributed by atoms with Gasteiger partial charge in [-0.05, 0) is 97.3 Å². The summed E-state index contributed by atoms with van der Waals surface area (Å²) in [6.07, 6.45) is 1.78. The zero-order chi connectivity index (χ0) is 30.0. The number of rotatable bonds is 14. The summed E-state index contributed by atoms with van der Waals surface area (Å²) in [5.74, 6) is 0.209. The van der Waals surface area contributed by atoms with Crippen LogP contribution < -0.4 is 19.5 Å². The molecule has 0 heterocycles. The van der Waals surface area contributed by atoms with Gasteiger partial charge in [-0.15, -0.1) is 0 Å². The van der Waals surface area contributed by atoms with Crippen molar-refractivity contribution < 1.29 is 32.6 Å². The van der Waals surface area contributed by atoms with Crippen molar-refractivity contribution in [1.82, 2.24) is 0 Å². The zero-order valence-corrected chi connectivity index (χ0v) is 23.9. The monoisotopic (exact) mass is 588 g/mol. The first kappa shape index (κ1) is 30.1. The van der Waals surface area contributed by atoms with E-state index in [0.717, 1.165) is 12.8 Å². The van der Waals surface area contributed by atoms with Crippen molar-refractivity contribution in [3.05, 3.63) is 108 Å². The second-order valence-corrected chi connectivity index (χ2v) is 11.1. The number of carboxylic acids is 1. The second-order valence-electron chi connectivity index (χ2n) is 9.44. The van der Waals surface area contributed by atoms with Crippen LogP contribution in [0.5, 0.6) is 17.2 Å². The highest BCUT2D eigenvalue weighted by molar-refractivity contribution is 7.92. The third-order valence-electron chi connectivity index (χ3n) is 6.21. The fourth-order valence-corrected chi connectivity index (χ4v) is 5.07. The molecule has 0 aromatic heterocycles. The molecule has 218 valence electrons. The fourth-order valence-electron chi connectivity index (χ4n) is 3.97. The lowest BCUT2D eigenvalue weighted by Crippen LogP contribution is -2.14. The third kappa shape index (κ3) is 8.58. The van der Waals surface area contributed by atoms with Crippen LogP contribution >= 0.6 is 0 Å². The molecule has 0 atom stereocenters. The first-order valence-corrected chi connectivity index (χ1v) is 15.0. The smallest absolute Gasteiger partial charge is 0.303 e. The first-order chi connectivity index (χ1) is 20.2. The van der Waals surface area contributed by atoms with Gasteiger partial charge in [0.25, 0.3) is 15.9 Å². The number of sulfonamides is 1. The molecule has 0 unspecified atom stereocenters. The van der Waals surface area contributed by atoms with Crippen molar-refractivity contribution in [2.75, 3.05) is 16.6 Å². The molecule has 4 aromatic rings. The summed E-state index contributed by atoms with van der Waals surface area (Å²) < 4.78 is 40.3. The molecule has 4 rings (SSSR count). The van der Waals surface area contributed by atoms with E-state index >= 15 is 0 Å². The molecule has 0 aliphatic rings. The van der Waals surface area contributed by atoms with Crippen LogP contribution in [0, 0.1) is 0 Å². The predicted octanol–water partition coefficient (Wildman–Crippen LogP) is 6.73. The second kappa shape index (κ2) is 14.2. The molecule has 10 heteroatoms. The van der Waals surface area contributed by atoms with Crippen molar-refractivity contribution in [2.45, 2.75) is 37.5 Å². The largest absolute Gasteiger partial charge is 0.494 e. The first-order valence-electron chi connectivity index (χ1n) is 13.5. The molecule has 0 bridgehead atoms. The molecule has 42 heavy (non-hydrogen) atoms. The topological polar surface area (TPSA) is 131 Å². The summed E-state index contributed by atoms with van der Waals surface area (Å²) in [6.45, 7) is 2.61. The number of carbonyl (C=O) groups excluding carboxylic acids is 1. The van der Waals surface area contributed by atoms with Crippen LogP contribution in [0.25, 0.3) is 0 Å². The molecule has 4 aromatic carbocycles. The number of hydrogen-bond acceptors (Lipinski definition) is 6. The van der Waals surface area contributed by atoms with Gasteiger partial charge in [-0.2, -0.15) is 0 Å². The van der Waals surface area contributed by atoms with Gasteiger partial charge >= 0.3 is 5.97 Å². The van der Waals surface area contributed by atoms with E-state index in [1.165, 1.54) is 12.1 Å².